The highest BCUT2D eigenvalue weighted by Gasteiger charge is 2.38. The van der Waals surface area contributed by atoms with Crippen molar-refractivity contribution < 1.29 is 14.3 Å². The molecule has 1 aromatic carbocycles. The van der Waals surface area contributed by atoms with Crippen LogP contribution in [0.4, 0.5) is 0 Å². The SMILES string of the molecule is Cc1c(C(=O)O)oc2c1-c1nc3ccccc3nc1C(C)(C)C2. The first-order valence-corrected chi connectivity index (χ1v) is 7.51. The van der Waals surface area contributed by atoms with Crippen molar-refractivity contribution in [3.8, 4) is 11.3 Å². The first-order valence-electron chi connectivity index (χ1n) is 7.51. The fourth-order valence-electron chi connectivity index (χ4n) is 3.34. The van der Waals surface area contributed by atoms with Gasteiger partial charge in [-0.3, -0.25) is 0 Å². The number of aromatic carboxylic acids is 1. The summed E-state index contributed by atoms with van der Waals surface area (Å²) in [7, 11) is 0. The summed E-state index contributed by atoms with van der Waals surface area (Å²) in [5.41, 5.74) is 4.42. The molecule has 0 unspecified atom stereocenters. The number of carboxylic acids is 1. The molecule has 1 N–H and O–H groups in total. The topological polar surface area (TPSA) is 76.2 Å². The van der Waals surface area contributed by atoms with Crippen LogP contribution in [-0.2, 0) is 11.8 Å². The van der Waals surface area contributed by atoms with Gasteiger partial charge in [-0.1, -0.05) is 26.0 Å². The van der Waals surface area contributed by atoms with Gasteiger partial charge in [-0.05, 0) is 19.1 Å². The predicted molar refractivity (Wildman–Crippen MR) is 85.7 cm³/mol. The number of carbonyl (C=O) groups is 1. The lowest BCUT2D eigenvalue weighted by Crippen LogP contribution is -2.27. The second-order valence-corrected chi connectivity index (χ2v) is 6.63. The minimum Gasteiger partial charge on any atom is -0.475 e. The summed E-state index contributed by atoms with van der Waals surface area (Å²) in [4.78, 5) is 21.0. The van der Waals surface area contributed by atoms with Gasteiger partial charge in [0.25, 0.3) is 0 Å². The Morgan fingerprint density at radius 2 is 1.87 bits per heavy atom. The molecular formula is C18H16N2O3. The molecule has 0 spiro atoms. The van der Waals surface area contributed by atoms with Crippen molar-refractivity contribution in [1.29, 1.82) is 0 Å². The van der Waals surface area contributed by atoms with Crippen LogP contribution in [0.3, 0.4) is 0 Å². The van der Waals surface area contributed by atoms with Crippen LogP contribution in [0.15, 0.2) is 28.7 Å². The highest BCUT2D eigenvalue weighted by Crippen LogP contribution is 2.45. The molecule has 0 saturated heterocycles. The molecule has 5 nitrogen and oxygen atoms in total. The Bertz CT molecular complexity index is 970. The Morgan fingerprint density at radius 1 is 1.22 bits per heavy atom. The molecule has 3 aromatic rings. The average molecular weight is 308 g/mol. The molecule has 0 fully saturated rings. The summed E-state index contributed by atoms with van der Waals surface area (Å²) < 4.78 is 5.64. The van der Waals surface area contributed by atoms with Crippen LogP contribution in [0.5, 0.6) is 0 Å². The van der Waals surface area contributed by atoms with Crippen molar-refractivity contribution >= 4 is 17.0 Å². The monoisotopic (exact) mass is 308 g/mol. The number of hydrogen-bond donors (Lipinski definition) is 1. The molecule has 0 atom stereocenters. The van der Waals surface area contributed by atoms with Crippen LogP contribution in [0.2, 0.25) is 0 Å². The Balaban J connectivity index is 2.10. The molecule has 0 saturated carbocycles. The number of aromatic nitrogens is 2. The van der Waals surface area contributed by atoms with E-state index in [1.165, 1.54) is 0 Å². The highest BCUT2D eigenvalue weighted by atomic mass is 16.4. The van der Waals surface area contributed by atoms with Crippen LogP contribution in [0, 0.1) is 6.92 Å². The Kier molecular flexibility index (Phi) is 2.67. The number of nitrogens with zero attached hydrogens (tertiary/aromatic N) is 2. The van der Waals surface area contributed by atoms with E-state index >= 15 is 0 Å². The number of para-hydroxylation sites is 2. The average Bonchev–Trinajstić information content (AvgIpc) is 2.82. The normalized spacial score (nSPS) is 15.3. The standard InChI is InChI=1S/C18H16N2O3/c1-9-13-12(23-15(9)17(21)22)8-18(2,3)16-14(13)19-10-6-4-5-7-11(10)20-16/h4-7H,8H2,1-3H3,(H,21,22). The molecular weight excluding hydrogens is 292 g/mol. The van der Waals surface area contributed by atoms with Crippen molar-refractivity contribution in [2.45, 2.75) is 32.6 Å². The van der Waals surface area contributed by atoms with Gasteiger partial charge in [0.15, 0.2) is 0 Å². The summed E-state index contributed by atoms with van der Waals surface area (Å²) >= 11 is 0. The van der Waals surface area contributed by atoms with Crippen LogP contribution >= 0.6 is 0 Å². The van der Waals surface area contributed by atoms with E-state index < -0.39 is 5.97 Å². The van der Waals surface area contributed by atoms with Crippen LogP contribution in [-0.4, -0.2) is 21.0 Å². The molecule has 2 aromatic heterocycles. The lowest BCUT2D eigenvalue weighted by molar-refractivity contribution is 0.0658. The van der Waals surface area contributed by atoms with E-state index in [2.05, 4.69) is 13.8 Å². The fourth-order valence-corrected chi connectivity index (χ4v) is 3.34. The van der Waals surface area contributed by atoms with E-state index in [-0.39, 0.29) is 11.2 Å². The third-order valence-corrected chi connectivity index (χ3v) is 4.46. The maximum atomic E-state index is 11.4. The minimum absolute atomic E-state index is 0.00592. The zero-order valence-electron chi connectivity index (χ0n) is 13.2. The van der Waals surface area contributed by atoms with E-state index in [1.54, 1.807) is 6.92 Å². The van der Waals surface area contributed by atoms with Crippen molar-refractivity contribution in [3.63, 3.8) is 0 Å². The first-order chi connectivity index (χ1) is 10.9. The minimum atomic E-state index is -1.05. The maximum absolute atomic E-state index is 11.4. The van der Waals surface area contributed by atoms with E-state index in [0.717, 1.165) is 28.0 Å². The molecule has 0 bridgehead atoms. The van der Waals surface area contributed by atoms with E-state index in [4.69, 9.17) is 14.4 Å². The molecule has 1 aliphatic rings. The third-order valence-electron chi connectivity index (χ3n) is 4.46. The zero-order valence-corrected chi connectivity index (χ0v) is 13.2. The van der Waals surface area contributed by atoms with E-state index in [0.29, 0.717) is 17.7 Å². The molecule has 1 aliphatic carbocycles. The second kappa shape index (κ2) is 4.41. The van der Waals surface area contributed by atoms with E-state index in [9.17, 15) is 9.90 Å². The largest absolute Gasteiger partial charge is 0.475 e. The van der Waals surface area contributed by atoms with Gasteiger partial charge in [0.2, 0.25) is 5.76 Å². The summed E-state index contributed by atoms with van der Waals surface area (Å²) in [6.07, 6.45) is 0.608. The van der Waals surface area contributed by atoms with Gasteiger partial charge in [-0.15, -0.1) is 0 Å². The second-order valence-electron chi connectivity index (χ2n) is 6.63. The van der Waals surface area contributed by atoms with Crippen LogP contribution in [0.25, 0.3) is 22.3 Å². The number of benzene rings is 1. The quantitative estimate of drug-likeness (QED) is 0.741. The first kappa shape index (κ1) is 13.9. The Hall–Kier alpha value is -2.69. The predicted octanol–water partition coefficient (Wildman–Crippen LogP) is 3.73. The van der Waals surface area contributed by atoms with Gasteiger partial charge in [-0.25, -0.2) is 14.8 Å². The third kappa shape index (κ3) is 1.89. The fraction of sp³-hybridized carbons (Fsp3) is 0.278. The Labute approximate surface area is 133 Å². The summed E-state index contributed by atoms with van der Waals surface area (Å²) in [5, 5.41) is 9.33. The Morgan fingerprint density at radius 3 is 2.52 bits per heavy atom. The van der Waals surface area contributed by atoms with Crippen LogP contribution < -0.4 is 0 Å². The summed E-state index contributed by atoms with van der Waals surface area (Å²) in [6.45, 7) is 5.93. The molecule has 0 amide bonds. The summed E-state index contributed by atoms with van der Waals surface area (Å²) in [5.74, 6) is -0.374. The number of hydrogen-bond acceptors (Lipinski definition) is 4. The van der Waals surface area contributed by atoms with Crippen molar-refractivity contribution in [2.24, 2.45) is 0 Å². The molecule has 2 heterocycles. The van der Waals surface area contributed by atoms with Crippen LogP contribution in [0.1, 0.15) is 41.4 Å². The number of furan rings is 1. The van der Waals surface area contributed by atoms with Crippen molar-refractivity contribution in [3.05, 3.63) is 47.0 Å². The van der Waals surface area contributed by atoms with E-state index in [1.807, 2.05) is 24.3 Å². The number of fused-ring (bicyclic) bond motifs is 4. The lowest BCUT2D eigenvalue weighted by atomic mass is 9.76. The van der Waals surface area contributed by atoms with Gasteiger partial charge >= 0.3 is 5.97 Å². The molecule has 4 rings (SSSR count). The number of carboxylic acid groups (broad SMARTS) is 1. The van der Waals surface area contributed by atoms with Gasteiger partial charge in [0, 0.05) is 23.0 Å². The zero-order chi connectivity index (χ0) is 16.4. The number of rotatable bonds is 1. The smallest absolute Gasteiger partial charge is 0.372 e. The van der Waals surface area contributed by atoms with Gasteiger partial charge in [0.1, 0.15) is 5.76 Å². The molecule has 0 aliphatic heterocycles. The molecule has 5 heteroatoms. The van der Waals surface area contributed by atoms with Crippen molar-refractivity contribution in [1.82, 2.24) is 9.97 Å². The highest BCUT2D eigenvalue weighted by molar-refractivity contribution is 5.91. The maximum Gasteiger partial charge on any atom is 0.372 e. The van der Waals surface area contributed by atoms with Gasteiger partial charge in [0.05, 0.1) is 22.4 Å². The van der Waals surface area contributed by atoms with Crippen molar-refractivity contribution in [2.75, 3.05) is 0 Å². The molecule has 116 valence electrons. The molecule has 0 radical (unpaired) electrons. The molecule has 23 heavy (non-hydrogen) atoms. The van der Waals surface area contributed by atoms with Gasteiger partial charge in [-0.2, -0.15) is 0 Å². The lowest BCUT2D eigenvalue weighted by Gasteiger charge is -2.30. The summed E-state index contributed by atoms with van der Waals surface area (Å²) in [6, 6.07) is 7.72. The van der Waals surface area contributed by atoms with Gasteiger partial charge < -0.3 is 9.52 Å².